The Bertz CT molecular complexity index is 717. The molecule has 1 heterocycles. The van der Waals surface area contributed by atoms with Crippen LogP contribution in [0.15, 0.2) is 29.3 Å². The van der Waals surface area contributed by atoms with Crippen LogP contribution in [-0.2, 0) is 10.0 Å². The van der Waals surface area contributed by atoms with Crippen LogP contribution in [0.4, 0.5) is 5.69 Å². The molecule has 0 amide bonds. The van der Waals surface area contributed by atoms with Crippen LogP contribution in [0.25, 0.3) is 0 Å². The molecule has 1 saturated heterocycles. The average molecular weight is 530 g/mol. The predicted molar refractivity (Wildman–Crippen MR) is 124 cm³/mol. The van der Waals surface area contributed by atoms with Gasteiger partial charge in [-0.2, -0.15) is 0 Å². The van der Waals surface area contributed by atoms with Gasteiger partial charge < -0.3 is 15.5 Å². The van der Waals surface area contributed by atoms with E-state index in [-0.39, 0.29) is 24.0 Å². The van der Waals surface area contributed by atoms with E-state index in [0.29, 0.717) is 25.6 Å². The number of nitrogens with one attached hydrogen (secondary N) is 3. The van der Waals surface area contributed by atoms with Gasteiger partial charge in [-0.1, -0.05) is 17.7 Å². The highest BCUT2D eigenvalue weighted by atomic mass is 127. The minimum absolute atomic E-state index is 0. The molecule has 1 aromatic carbocycles. The van der Waals surface area contributed by atoms with Crippen molar-refractivity contribution >= 4 is 57.2 Å². The molecular weight excluding hydrogens is 501 g/mol. The van der Waals surface area contributed by atoms with Gasteiger partial charge in [0.05, 0.1) is 6.26 Å². The quantitative estimate of drug-likeness (QED) is 0.208. The van der Waals surface area contributed by atoms with Crippen LogP contribution in [0.2, 0.25) is 5.02 Å². The minimum Gasteiger partial charge on any atom is -0.369 e. The van der Waals surface area contributed by atoms with Gasteiger partial charge in [0.1, 0.15) is 0 Å². The summed E-state index contributed by atoms with van der Waals surface area (Å²) >= 11 is 6.08. The van der Waals surface area contributed by atoms with Crippen LogP contribution in [0.3, 0.4) is 0 Å². The third kappa shape index (κ3) is 9.31. The third-order valence-electron chi connectivity index (χ3n) is 4.02. The highest BCUT2D eigenvalue weighted by Crippen LogP contribution is 2.23. The Morgan fingerprint density at radius 3 is 2.85 bits per heavy atom. The SMILES string of the molecule is CCNC(=NCCCNS(C)(=O)=O)NC1CCN(c2cccc(Cl)c2)C1.I. The van der Waals surface area contributed by atoms with Crippen molar-refractivity contribution < 1.29 is 8.42 Å². The van der Waals surface area contributed by atoms with Crippen LogP contribution in [-0.4, -0.2) is 59.4 Å². The van der Waals surface area contributed by atoms with Gasteiger partial charge in [0.15, 0.2) is 5.96 Å². The van der Waals surface area contributed by atoms with Crippen LogP contribution in [0.1, 0.15) is 19.8 Å². The lowest BCUT2D eigenvalue weighted by Crippen LogP contribution is -2.44. The van der Waals surface area contributed by atoms with E-state index in [1.807, 2.05) is 25.1 Å². The molecule has 27 heavy (non-hydrogen) atoms. The average Bonchev–Trinajstić information content (AvgIpc) is 3.02. The van der Waals surface area contributed by atoms with Crippen LogP contribution >= 0.6 is 35.6 Å². The van der Waals surface area contributed by atoms with Crippen LogP contribution in [0.5, 0.6) is 0 Å². The molecule has 0 radical (unpaired) electrons. The van der Waals surface area contributed by atoms with Gasteiger partial charge in [-0.25, -0.2) is 13.1 Å². The van der Waals surface area contributed by atoms with Crippen molar-refractivity contribution in [3.63, 3.8) is 0 Å². The zero-order valence-electron chi connectivity index (χ0n) is 15.7. The number of halogens is 2. The van der Waals surface area contributed by atoms with Crippen molar-refractivity contribution in [3.8, 4) is 0 Å². The van der Waals surface area contributed by atoms with Gasteiger partial charge in [-0.05, 0) is 38.0 Å². The highest BCUT2D eigenvalue weighted by molar-refractivity contribution is 14.0. The Labute approximate surface area is 184 Å². The Morgan fingerprint density at radius 2 is 2.19 bits per heavy atom. The molecule has 1 atom stereocenters. The number of rotatable bonds is 8. The van der Waals surface area contributed by atoms with Gasteiger partial charge in [-0.15, -0.1) is 24.0 Å². The summed E-state index contributed by atoms with van der Waals surface area (Å²) in [6.07, 6.45) is 2.84. The first-order chi connectivity index (χ1) is 12.4. The fourth-order valence-electron chi connectivity index (χ4n) is 2.83. The Balaban J connectivity index is 0.00000364. The molecule has 2 rings (SSSR count). The van der Waals surface area contributed by atoms with E-state index in [1.54, 1.807) is 0 Å². The van der Waals surface area contributed by atoms with E-state index in [2.05, 4.69) is 31.3 Å². The molecule has 7 nitrogen and oxygen atoms in total. The summed E-state index contributed by atoms with van der Waals surface area (Å²) in [5.74, 6) is 0.768. The standard InChI is InChI=1S/C17H28ClN5O2S.HI/c1-3-19-17(20-9-5-10-21-26(2,24)25)22-15-8-11-23(13-15)16-7-4-6-14(18)12-16;/h4,6-7,12,15,21H,3,5,8-11,13H2,1-2H3,(H2,19,20,22);1H. The summed E-state index contributed by atoms with van der Waals surface area (Å²) < 4.78 is 24.6. The molecule has 0 saturated carbocycles. The fourth-order valence-corrected chi connectivity index (χ4v) is 3.53. The smallest absolute Gasteiger partial charge is 0.208 e. The summed E-state index contributed by atoms with van der Waals surface area (Å²) in [7, 11) is -3.13. The second kappa shape index (κ2) is 11.9. The molecule has 1 aromatic rings. The molecule has 1 fully saturated rings. The van der Waals surface area contributed by atoms with Crippen molar-refractivity contribution in [2.75, 3.05) is 43.9 Å². The fraction of sp³-hybridized carbons (Fsp3) is 0.588. The van der Waals surface area contributed by atoms with E-state index in [0.717, 1.165) is 49.0 Å². The van der Waals surface area contributed by atoms with E-state index in [1.165, 1.54) is 0 Å². The normalized spacial score (nSPS) is 17.5. The summed E-state index contributed by atoms with van der Waals surface area (Å²) in [6, 6.07) is 8.21. The molecular formula is C17H29ClIN5O2S. The van der Waals surface area contributed by atoms with Crippen molar-refractivity contribution in [2.24, 2.45) is 4.99 Å². The number of nitrogens with zero attached hydrogens (tertiary/aromatic N) is 2. The second-order valence-corrected chi connectivity index (χ2v) is 8.61. The highest BCUT2D eigenvalue weighted by Gasteiger charge is 2.23. The van der Waals surface area contributed by atoms with E-state index in [9.17, 15) is 8.42 Å². The zero-order valence-corrected chi connectivity index (χ0v) is 19.6. The lowest BCUT2D eigenvalue weighted by Gasteiger charge is -2.20. The van der Waals surface area contributed by atoms with Crippen molar-refractivity contribution in [2.45, 2.75) is 25.8 Å². The van der Waals surface area contributed by atoms with E-state index >= 15 is 0 Å². The van der Waals surface area contributed by atoms with Gasteiger partial charge in [0, 0.05) is 49.5 Å². The third-order valence-corrected chi connectivity index (χ3v) is 4.98. The maximum Gasteiger partial charge on any atom is 0.208 e. The van der Waals surface area contributed by atoms with Crippen molar-refractivity contribution in [1.82, 2.24) is 15.4 Å². The number of aliphatic imine (C=N–C) groups is 1. The van der Waals surface area contributed by atoms with Crippen molar-refractivity contribution in [1.29, 1.82) is 0 Å². The van der Waals surface area contributed by atoms with E-state index in [4.69, 9.17) is 11.6 Å². The Morgan fingerprint density at radius 1 is 1.41 bits per heavy atom. The molecule has 0 spiro atoms. The molecule has 1 aliphatic heterocycles. The maximum atomic E-state index is 11.0. The first-order valence-electron chi connectivity index (χ1n) is 8.87. The summed E-state index contributed by atoms with van der Waals surface area (Å²) in [6.45, 7) is 5.61. The first-order valence-corrected chi connectivity index (χ1v) is 11.1. The summed E-state index contributed by atoms with van der Waals surface area (Å²) in [5, 5.41) is 7.45. The number of hydrogen-bond donors (Lipinski definition) is 3. The van der Waals surface area contributed by atoms with Crippen molar-refractivity contribution in [3.05, 3.63) is 29.3 Å². The van der Waals surface area contributed by atoms with Gasteiger partial charge in [0.25, 0.3) is 0 Å². The molecule has 10 heteroatoms. The topological polar surface area (TPSA) is 85.8 Å². The van der Waals surface area contributed by atoms with Crippen LogP contribution in [0, 0.1) is 0 Å². The number of hydrogen-bond acceptors (Lipinski definition) is 4. The monoisotopic (exact) mass is 529 g/mol. The molecule has 1 unspecified atom stereocenters. The number of guanidine groups is 1. The van der Waals surface area contributed by atoms with Gasteiger partial charge in [0.2, 0.25) is 10.0 Å². The minimum atomic E-state index is -3.13. The number of sulfonamides is 1. The lowest BCUT2D eigenvalue weighted by molar-refractivity contribution is 0.585. The lowest BCUT2D eigenvalue weighted by atomic mass is 10.2. The summed E-state index contributed by atoms with van der Waals surface area (Å²) in [5.41, 5.74) is 1.13. The molecule has 0 bridgehead atoms. The van der Waals surface area contributed by atoms with Gasteiger partial charge >= 0.3 is 0 Å². The van der Waals surface area contributed by atoms with Crippen LogP contribution < -0.4 is 20.3 Å². The number of anilines is 1. The first kappa shape index (κ1) is 24.3. The Hall–Kier alpha value is -0.780. The zero-order chi connectivity index (χ0) is 19.0. The maximum absolute atomic E-state index is 11.0. The predicted octanol–water partition coefficient (Wildman–Crippen LogP) is 2.03. The molecule has 3 N–H and O–H groups in total. The molecule has 0 aromatic heterocycles. The number of benzene rings is 1. The molecule has 0 aliphatic carbocycles. The second-order valence-electron chi connectivity index (χ2n) is 6.34. The molecule has 1 aliphatic rings. The molecule has 154 valence electrons. The Kier molecular flexibility index (Phi) is 10.7. The largest absolute Gasteiger partial charge is 0.369 e. The van der Waals surface area contributed by atoms with Gasteiger partial charge in [-0.3, -0.25) is 4.99 Å². The summed E-state index contributed by atoms with van der Waals surface area (Å²) in [4.78, 5) is 6.84. The van der Waals surface area contributed by atoms with E-state index < -0.39 is 10.0 Å².